The summed E-state index contributed by atoms with van der Waals surface area (Å²) in [5.41, 5.74) is 1.49. The Morgan fingerprint density at radius 3 is 2.65 bits per heavy atom. The number of hydrogen-bond donors (Lipinski definition) is 0. The number of nitrogens with zero attached hydrogens (tertiary/aromatic N) is 2. The van der Waals surface area contributed by atoms with Crippen LogP contribution in [0.3, 0.4) is 0 Å². The van der Waals surface area contributed by atoms with Crippen LogP contribution in [0.15, 0.2) is 24.3 Å². The van der Waals surface area contributed by atoms with Gasteiger partial charge in [0, 0.05) is 20.0 Å². The van der Waals surface area contributed by atoms with Gasteiger partial charge in [0.15, 0.2) is 0 Å². The third kappa shape index (κ3) is 2.13. The first-order valence-corrected chi connectivity index (χ1v) is 5.90. The molecule has 1 aliphatic heterocycles. The molecule has 2 rings (SSSR count). The fraction of sp³-hybridized carbons (Fsp3) is 0.333. The molecule has 0 radical (unpaired) electrons. The molecule has 0 N–H and O–H groups in total. The molecule has 4 nitrogen and oxygen atoms in total. The highest BCUT2D eigenvalue weighted by molar-refractivity contribution is 6.29. The highest BCUT2D eigenvalue weighted by Crippen LogP contribution is 2.31. The zero-order valence-corrected chi connectivity index (χ0v) is 10.3. The average molecular weight is 253 g/mol. The zero-order valence-electron chi connectivity index (χ0n) is 9.52. The van der Waals surface area contributed by atoms with Crippen LogP contribution < -0.4 is 9.80 Å². The van der Waals surface area contributed by atoms with Crippen LogP contribution in [0.1, 0.15) is 6.42 Å². The molecule has 17 heavy (non-hydrogen) atoms. The molecule has 90 valence electrons. The SMILES string of the molecule is CN1C(=O)CCN(C(=O)CCl)c2ccccc21. The third-order valence-electron chi connectivity index (χ3n) is 2.87. The minimum atomic E-state index is -0.179. The van der Waals surface area contributed by atoms with Crippen molar-refractivity contribution in [2.24, 2.45) is 0 Å². The van der Waals surface area contributed by atoms with E-state index in [1.54, 1.807) is 16.8 Å². The van der Waals surface area contributed by atoms with Gasteiger partial charge in [0.05, 0.1) is 11.4 Å². The van der Waals surface area contributed by atoms with E-state index in [0.29, 0.717) is 13.0 Å². The summed E-state index contributed by atoms with van der Waals surface area (Å²) < 4.78 is 0. The van der Waals surface area contributed by atoms with E-state index in [0.717, 1.165) is 11.4 Å². The van der Waals surface area contributed by atoms with Crippen LogP contribution in [0.25, 0.3) is 0 Å². The van der Waals surface area contributed by atoms with Gasteiger partial charge in [-0.25, -0.2) is 0 Å². The quantitative estimate of drug-likeness (QED) is 0.713. The molecule has 0 saturated heterocycles. The van der Waals surface area contributed by atoms with Crippen LogP contribution >= 0.6 is 11.6 Å². The Balaban J connectivity index is 2.49. The number of alkyl halides is 1. The first-order chi connectivity index (χ1) is 8.15. The second-order valence-corrected chi connectivity index (χ2v) is 4.14. The van der Waals surface area contributed by atoms with Crippen LogP contribution in [0, 0.1) is 0 Å². The standard InChI is InChI=1S/C12H13ClN2O2/c1-14-9-4-2-3-5-10(9)15(12(17)8-13)7-6-11(14)16/h2-5H,6-8H2,1H3. The fourth-order valence-corrected chi connectivity index (χ4v) is 2.08. The largest absolute Gasteiger partial charge is 0.313 e. The summed E-state index contributed by atoms with van der Waals surface area (Å²) in [5.74, 6) is -0.253. The van der Waals surface area contributed by atoms with Crippen molar-refractivity contribution < 1.29 is 9.59 Å². The number of rotatable bonds is 1. The van der Waals surface area contributed by atoms with Crippen molar-refractivity contribution >= 4 is 34.8 Å². The zero-order chi connectivity index (χ0) is 12.4. The lowest BCUT2D eigenvalue weighted by atomic mass is 10.2. The molecule has 1 aliphatic rings. The number of benzene rings is 1. The van der Waals surface area contributed by atoms with E-state index in [9.17, 15) is 9.59 Å². The number of hydrogen-bond acceptors (Lipinski definition) is 2. The van der Waals surface area contributed by atoms with Crippen LogP contribution in [0.5, 0.6) is 0 Å². The van der Waals surface area contributed by atoms with Gasteiger partial charge in [-0.05, 0) is 12.1 Å². The minimum Gasteiger partial charge on any atom is -0.313 e. The maximum absolute atomic E-state index is 11.8. The van der Waals surface area contributed by atoms with Gasteiger partial charge in [-0.15, -0.1) is 11.6 Å². The molecule has 0 bridgehead atoms. The van der Waals surface area contributed by atoms with Crippen molar-refractivity contribution in [2.45, 2.75) is 6.42 Å². The molecule has 0 aromatic heterocycles. The predicted octanol–water partition coefficient (Wildman–Crippen LogP) is 1.62. The molecule has 5 heteroatoms. The van der Waals surface area contributed by atoms with Gasteiger partial charge in [-0.2, -0.15) is 0 Å². The van der Waals surface area contributed by atoms with Crippen molar-refractivity contribution in [2.75, 3.05) is 29.3 Å². The monoisotopic (exact) mass is 252 g/mol. The first-order valence-electron chi connectivity index (χ1n) is 5.37. The maximum atomic E-state index is 11.8. The van der Waals surface area contributed by atoms with E-state index < -0.39 is 0 Å². The number of carbonyl (C=O) groups excluding carboxylic acids is 2. The number of para-hydroxylation sites is 2. The molecule has 0 unspecified atom stereocenters. The summed E-state index contributed by atoms with van der Waals surface area (Å²) in [6.45, 7) is 0.381. The lowest BCUT2D eigenvalue weighted by molar-refractivity contribution is -0.118. The Bertz CT molecular complexity index is 462. The molecular formula is C12H13ClN2O2. The molecule has 0 aliphatic carbocycles. The number of fused-ring (bicyclic) bond motifs is 1. The third-order valence-corrected chi connectivity index (χ3v) is 3.10. The van der Waals surface area contributed by atoms with E-state index in [2.05, 4.69) is 0 Å². The topological polar surface area (TPSA) is 40.6 Å². The lowest BCUT2D eigenvalue weighted by Crippen LogP contribution is -2.32. The van der Waals surface area contributed by atoms with Crippen molar-refractivity contribution in [3.63, 3.8) is 0 Å². The normalized spacial score (nSPS) is 15.5. The lowest BCUT2D eigenvalue weighted by Gasteiger charge is -2.22. The van der Waals surface area contributed by atoms with Gasteiger partial charge < -0.3 is 9.80 Å². The molecule has 0 spiro atoms. The van der Waals surface area contributed by atoms with Crippen molar-refractivity contribution in [1.82, 2.24) is 0 Å². The molecule has 0 saturated carbocycles. The molecular weight excluding hydrogens is 240 g/mol. The Morgan fingerprint density at radius 1 is 1.35 bits per heavy atom. The summed E-state index contributed by atoms with van der Waals surface area (Å²) >= 11 is 5.59. The Morgan fingerprint density at radius 2 is 2.00 bits per heavy atom. The van der Waals surface area contributed by atoms with E-state index >= 15 is 0 Å². The van der Waals surface area contributed by atoms with Crippen LogP contribution in [0.4, 0.5) is 11.4 Å². The summed E-state index contributed by atoms with van der Waals surface area (Å²) in [6, 6.07) is 7.34. The van der Waals surface area contributed by atoms with Gasteiger partial charge in [0.2, 0.25) is 11.8 Å². The first kappa shape index (κ1) is 11.9. The van der Waals surface area contributed by atoms with Gasteiger partial charge in [0.1, 0.15) is 5.88 Å². The second kappa shape index (κ2) is 4.75. The second-order valence-electron chi connectivity index (χ2n) is 3.87. The molecule has 2 amide bonds. The van der Waals surface area contributed by atoms with Gasteiger partial charge in [0.25, 0.3) is 0 Å². The maximum Gasteiger partial charge on any atom is 0.241 e. The molecule has 0 atom stereocenters. The number of anilines is 2. The Hall–Kier alpha value is -1.55. The van der Waals surface area contributed by atoms with E-state index in [4.69, 9.17) is 11.6 Å². The van der Waals surface area contributed by atoms with Crippen molar-refractivity contribution in [3.8, 4) is 0 Å². The average Bonchev–Trinajstić information content (AvgIpc) is 2.49. The summed E-state index contributed by atoms with van der Waals surface area (Å²) in [7, 11) is 1.72. The highest BCUT2D eigenvalue weighted by atomic mass is 35.5. The van der Waals surface area contributed by atoms with Crippen LogP contribution in [0.2, 0.25) is 0 Å². The van der Waals surface area contributed by atoms with Gasteiger partial charge in [-0.3, -0.25) is 9.59 Å². The van der Waals surface area contributed by atoms with Crippen LogP contribution in [-0.2, 0) is 9.59 Å². The number of halogens is 1. The molecule has 1 aromatic rings. The summed E-state index contributed by atoms with van der Waals surface area (Å²) in [5, 5.41) is 0. The molecule has 1 aromatic carbocycles. The summed E-state index contributed by atoms with van der Waals surface area (Å²) in [6.07, 6.45) is 0.313. The van der Waals surface area contributed by atoms with Gasteiger partial charge >= 0.3 is 0 Å². The molecule has 1 heterocycles. The van der Waals surface area contributed by atoms with Crippen LogP contribution in [-0.4, -0.2) is 31.3 Å². The fourth-order valence-electron chi connectivity index (χ4n) is 1.94. The minimum absolute atomic E-state index is 0.00215. The summed E-state index contributed by atoms with van der Waals surface area (Å²) in [4.78, 5) is 26.7. The van der Waals surface area contributed by atoms with E-state index in [1.165, 1.54) is 0 Å². The van der Waals surface area contributed by atoms with Crippen molar-refractivity contribution in [3.05, 3.63) is 24.3 Å². The Labute approximate surface area is 105 Å². The van der Waals surface area contributed by atoms with Gasteiger partial charge in [-0.1, -0.05) is 12.1 Å². The van der Waals surface area contributed by atoms with E-state index in [1.807, 2.05) is 24.3 Å². The molecule has 0 fully saturated rings. The van der Waals surface area contributed by atoms with E-state index in [-0.39, 0.29) is 17.7 Å². The number of carbonyl (C=O) groups is 2. The van der Waals surface area contributed by atoms with Crippen molar-refractivity contribution in [1.29, 1.82) is 0 Å². The number of amides is 2. The highest BCUT2D eigenvalue weighted by Gasteiger charge is 2.26. The smallest absolute Gasteiger partial charge is 0.241 e. The Kier molecular flexibility index (Phi) is 3.33. The predicted molar refractivity (Wildman–Crippen MR) is 67.5 cm³/mol.